The van der Waals surface area contributed by atoms with Gasteiger partial charge in [-0.1, -0.05) is 58.3 Å². The molecular formula is C18H35NO3S. The maximum atomic E-state index is 11.8. The number of rotatable bonds is 11. The molecule has 0 radical (unpaired) electrons. The van der Waals surface area contributed by atoms with Crippen molar-refractivity contribution in [3.05, 3.63) is 0 Å². The number of ketones is 1. The molecule has 5 heteroatoms. The van der Waals surface area contributed by atoms with Gasteiger partial charge in [-0.05, 0) is 19.3 Å². The summed E-state index contributed by atoms with van der Waals surface area (Å²) in [6.07, 6.45) is 11.9. The van der Waals surface area contributed by atoms with Crippen molar-refractivity contribution >= 4 is 25.2 Å². The number of carbonyl (C=O) groups is 2. The normalized spacial score (nSPS) is 20.6. The maximum Gasteiger partial charge on any atom is 0.227 e. The van der Waals surface area contributed by atoms with E-state index < -0.39 is 6.10 Å². The number of nitrogens with one attached hydrogen (secondary N) is 1. The lowest BCUT2D eigenvalue weighted by Gasteiger charge is -2.28. The van der Waals surface area contributed by atoms with Crippen LogP contribution in [0.1, 0.15) is 90.4 Å². The highest BCUT2D eigenvalue weighted by atomic mass is 32.1. The van der Waals surface area contributed by atoms with Crippen LogP contribution in [0.15, 0.2) is 0 Å². The molecule has 1 rings (SSSR count). The molecule has 23 heavy (non-hydrogen) atoms. The molecule has 0 heterocycles. The van der Waals surface area contributed by atoms with Crippen molar-refractivity contribution in [2.45, 2.75) is 103 Å². The molecule has 0 aromatic carbocycles. The zero-order valence-corrected chi connectivity index (χ0v) is 15.6. The first kappa shape index (κ1) is 22.4. The number of aliphatic hydroxyl groups is 1. The summed E-state index contributed by atoms with van der Waals surface area (Å²) in [5, 5.41) is 12.6. The largest absolute Gasteiger partial charge is 0.391 e. The lowest BCUT2D eigenvalue weighted by Crippen LogP contribution is -2.45. The summed E-state index contributed by atoms with van der Waals surface area (Å²) >= 11 is 0. The molecule has 1 aliphatic rings. The number of carbonyl (C=O) groups excluding carboxylic acids is 2. The van der Waals surface area contributed by atoms with E-state index in [9.17, 15) is 14.7 Å². The predicted molar refractivity (Wildman–Crippen MR) is 99.0 cm³/mol. The number of Topliss-reactive ketones (excluding diaryl/α,β-unsaturated/α-hetero) is 1. The summed E-state index contributed by atoms with van der Waals surface area (Å²) in [6.45, 7) is 2.20. The van der Waals surface area contributed by atoms with E-state index in [-0.39, 0.29) is 37.6 Å². The second kappa shape index (κ2) is 13.8. The van der Waals surface area contributed by atoms with Gasteiger partial charge in [0.25, 0.3) is 0 Å². The summed E-state index contributed by atoms with van der Waals surface area (Å²) in [7, 11) is 0. The number of hydrogen-bond donors (Lipinski definition) is 2. The Morgan fingerprint density at radius 1 is 1.00 bits per heavy atom. The molecule has 0 aromatic rings. The molecule has 136 valence electrons. The third-order valence-electron chi connectivity index (χ3n) is 4.49. The van der Waals surface area contributed by atoms with E-state index in [1.54, 1.807) is 0 Å². The minimum Gasteiger partial charge on any atom is -0.391 e. The van der Waals surface area contributed by atoms with E-state index in [0.29, 0.717) is 6.42 Å². The molecule has 1 saturated carbocycles. The van der Waals surface area contributed by atoms with Gasteiger partial charge in [0, 0.05) is 6.42 Å². The van der Waals surface area contributed by atoms with Crippen LogP contribution < -0.4 is 5.32 Å². The Hall–Kier alpha value is -0.550. The second-order valence-corrected chi connectivity index (χ2v) is 6.61. The molecule has 0 spiro atoms. The molecule has 1 unspecified atom stereocenters. The van der Waals surface area contributed by atoms with E-state index >= 15 is 0 Å². The zero-order chi connectivity index (χ0) is 16.2. The van der Waals surface area contributed by atoms with Crippen molar-refractivity contribution in [3.63, 3.8) is 0 Å². The fourth-order valence-corrected chi connectivity index (χ4v) is 3.08. The average Bonchev–Trinajstić information content (AvgIpc) is 2.48. The van der Waals surface area contributed by atoms with Crippen LogP contribution in [-0.4, -0.2) is 28.9 Å². The van der Waals surface area contributed by atoms with Crippen LogP contribution in [0.3, 0.4) is 0 Å². The van der Waals surface area contributed by atoms with Gasteiger partial charge in [-0.15, -0.1) is 0 Å². The van der Waals surface area contributed by atoms with E-state index in [1.165, 1.54) is 32.1 Å². The van der Waals surface area contributed by atoms with E-state index in [4.69, 9.17) is 0 Å². The Kier molecular flexibility index (Phi) is 13.5. The van der Waals surface area contributed by atoms with Crippen LogP contribution >= 0.6 is 13.5 Å². The van der Waals surface area contributed by atoms with Crippen molar-refractivity contribution in [2.24, 2.45) is 0 Å². The third-order valence-corrected chi connectivity index (χ3v) is 4.49. The molecular weight excluding hydrogens is 310 g/mol. The minimum absolute atomic E-state index is 0. The highest BCUT2D eigenvalue weighted by Crippen LogP contribution is 2.18. The van der Waals surface area contributed by atoms with Crippen LogP contribution in [0, 0.1) is 0 Å². The van der Waals surface area contributed by atoms with Gasteiger partial charge in [0.15, 0.2) is 0 Å². The fourth-order valence-electron chi connectivity index (χ4n) is 3.08. The van der Waals surface area contributed by atoms with Crippen molar-refractivity contribution in [3.8, 4) is 0 Å². The first-order valence-corrected chi connectivity index (χ1v) is 9.12. The lowest BCUT2D eigenvalue weighted by atomic mass is 9.92. The maximum absolute atomic E-state index is 11.8. The van der Waals surface area contributed by atoms with Gasteiger partial charge >= 0.3 is 0 Å². The molecule has 2 N–H and O–H groups in total. The highest BCUT2D eigenvalue weighted by Gasteiger charge is 2.24. The van der Waals surface area contributed by atoms with Gasteiger partial charge < -0.3 is 10.4 Å². The second-order valence-electron chi connectivity index (χ2n) is 6.61. The molecule has 4 nitrogen and oxygen atoms in total. The Labute approximate surface area is 148 Å². The van der Waals surface area contributed by atoms with Crippen LogP contribution in [0.2, 0.25) is 0 Å². The summed E-state index contributed by atoms with van der Waals surface area (Å²) in [4.78, 5) is 23.6. The zero-order valence-electron chi connectivity index (χ0n) is 14.6. The summed E-state index contributed by atoms with van der Waals surface area (Å²) < 4.78 is 0. The molecule has 0 bridgehead atoms. The van der Waals surface area contributed by atoms with E-state index in [2.05, 4.69) is 12.2 Å². The van der Waals surface area contributed by atoms with Crippen molar-refractivity contribution in [1.82, 2.24) is 5.32 Å². The lowest BCUT2D eigenvalue weighted by molar-refractivity contribution is -0.129. The van der Waals surface area contributed by atoms with Crippen molar-refractivity contribution in [1.29, 1.82) is 0 Å². The Balaban J connectivity index is 0.00000484. The molecule has 1 fully saturated rings. The first-order valence-electron chi connectivity index (χ1n) is 9.12. The quantitative estimate of drug-likeness (QED) is 0.444. The first-order chi connectivity index (χ1) is 10.6. The van der Waals surface area contributed by atoms with Gasteiger partial charge in [0.2, 0.25) is 5.91 Å². The average molecular weight is 346 g/mol. The molecule has 1 aliphatic carbocycles. The third kappa shape index (κ3) is 10.8. The topological polar surface area (TPSA) is 66.4 Å². The minimum atomic E-state index is -0.448. The van der Waals surface area contributed by atoms with Crippen molar-refractivity contribution in [2.75, 3.05) is 0 Å². The van der Waals surface area contributed by atoms with Crippen LogP contribution in [0.25, 0.3) is 0 Å². The molecule has 2 atom stereocenters. The number of amides is 1. The summed E-state index contributed by atoms with van der Waals surface area (Å²) in [5.41, 5.74) is 0. The monoisotopic (exact) mass is 345 g/mol. The van der Waals surface area contributed by atoms with Gasteiger partial charge in [-0.25, -0.2) is 0 Å². The van der Waals surface area contributed by atoms with Gasteiger partial charge in [0.05, 0.1) is 18.6 Å². The molecule has 0 saturated heterocycles. The number of unbranched alkanes of at least 4 members (excludes halogenated alkanes) is 6. The Morgan fingerprint density at radius 2 is 1.61 bits per heavy atom. The SMILES string of the molecule is CCCCCCCCCC(=O)CC(=O)N[C@H]1CCCCC1O.S. The van der Waals surface area contributed by atoms with Crippen molar-refractivity contribution < 1.29 is 14.7 Å². The van der Waals surface area contributed by atoms with Crippen LogP contribution in [0.5, 0.6) is 0 Å². The van der Waals surface area contributed by atoms with E-state index in [0.717, 1.165) is 38.5 Å². The summed E-state index contributed by atoms with van der Waals surface area (Å²) in [6, 6.07) is -0.160. The smallest absolute Gasteiger partial charge is 0.227 e. The Morgan fingerprint density at radius 3 is 2.26 bits per heavy atom. The standard InChI is InChI=1S/C18H33NO3.H2S/c1-2-3-4-5-6-7-8-11-15(20)14-18(22)19-16-12-9-10-13-17(16)21;/h16-17,21H,2-14H2,1H3,(H,19,22);1H2/t16-,17?;/m0./s1. The number of hydrogen-bond acceptors (Lipinski definition) is 3. The molecule has 0 aromatic heterocycles. The van der Waals surface area contributed by atoms with Crippen LogP contribution in [0.4, 0.5) is 0 Å². The van der Waals surface area contributed by atoms with Gasteiger partial charge in [-0.2, -0.15) is 13.5 Å². The van der Waals surface area contributed by atoms with Crippen LogP contribution in [-0.2, 0) is 9.59 Å². The summed E-state index contributed by atoms with van der Waals surface area (Å²) in [5.74, 6) is -0.199. The number of aliphatic hydroxyl groups excluding tert-OH is 1. The van der Waals surface area contributed by atoms with Gasteiger partial charge in [-0.3, -0.25) is 9.59 Å². The molecule has 1 amide bonds. The fraction of sp³-hybridized carbons (Fsp3) is 0.889. The Bertz CT molecular complexity index is 336. The van der Waals surface area contributed by atoms with E-state index in [1.807, 2.05) is 0 Å². The predicted octanol–water partition coefficient (Wildman–Crippen LogP) is 3.62. The molecule has 0 aliphatic heterocycles. The highest BCUT2D eigenvalue weighted by molar-refractivity contribution is 7.59. The van der Waals surface area contributed by atoms with Gasteiger partial charge in [0.1, 0.15) is 5.78 Å².